The normalized spacial score (nSPS) is 28.2. The van der Waals surface area contributed by atoms with Crippen LogP contribution in [0.15, 0.2) is 23.4 Å². The summed E-state index contributed by atoms with van der Waals surface area (Å²) in [6, 6.07) is 5.41. The van der Waals surface area contributed by atoms with Crippen molar-refractivity contribution in [2.45, 2.75) is 43.9 Å². The summed E-state index contributed by atoms with van der Waals surface area (Å²) < 4.78 is 18.5. The van der Waals surface area contributed by atoms with E-state index in [9.17, 15) is 4.53 Å². The van der Waals surface area contributed by atoms with E-state index in [1.54, 1.807) is 6.07 Å². The molecular formula is C18H23ClFNO3. The zero-order valence-corrected chi connectivity index (χ0v) is 14.5. The highest BCUT2D eigenvalue weighted by Crippen LogP contribution is 2.46. The van der Waals surface area contributed by atoms with Crippen LogP contribution in [0.5, 0.6) is 11.5 Å². The summed E-state index contributed by atoms with van der Waals surface area (Å²) in [5.41, 5.74) is 1.11. The second kappa shape index (κ2) is 7.60. The first-order valence-electron chi connectivity index (χ1n) is 8.49. The molecule has 0 bridgehead atoms. The minimum Gasteiger partial charge on any atom is -0.489 e. The largest absolute Gasteiger partial charge is 0.489 e. The molecule has 24 heavy (non-hydrogen) atoms. The topological polar surface area (TPSA) is 51.0 Å². The number of halogens is 2. The minimum absolute atomic E-state index is 0.129. The van der Waals surface area contributed by atoms with Crippen LogP contribution in [-0.4, -0.2) is 23.4 Å². The SMILES string of the molecule is C[C@@H]1C[C@H](c2ccc(OF)c(OCC3CC3)c2)C[C@@H]1C(Cl)/C=N/O. The van der Waals surface area contributed by atoms with Crippen LogP contribution >= 0.6 is 11.6 Å². The summed E-state index contributed by atoms with van der Waals surface area (Å²) in [5.74, 6) is 2.19. The standard InChI is InChI=1S/C18H23ClFNO3/c1-11-6-14(7-15(11)16(19)9-21-22)13-4-5-17(24-20)18(8-13)23-10-12-2-3-12/h4-5,8-9,11-12,14-16,22H,2-3,6-7,10H2,1H3/b21-9+/t11-,14+,15+,16?/m1/s1. The van der Waals surface area contributed by atoms with E-state index >= 15 is 0 Å². The van der Waals surface area contributed by atoms with E-state index in [4.69, 9.17) is 21.5 Å². The van der Waals surface area contributed by atoms with Gasteiger partial charge in [-0.2, -0.15) is 0 Å². The Kier molecular flexibility index (Phi) is 5.49. The zero-order valence-electron chi connectivity index (χ0n) is 13.7. The summed E-state index contributed by atoms with van der Waals surface area (Å²) in [6.45, 7) is 2.77. The maximum atomic E-state index is 12.7. The van der Waals surface area contributed by atoms with Gasteiger partial charge in [0.25, 0.3) is 0 Å². The van der Waals surface area contributed by atoms with Crippen LogP contribution in [-0.2, 0) is 0 Å². The average Bonchev–Trinajstić information content (AvgIpc) is 3.33. The van der Waals surface area contributed by atoms with Gasteiger partial charge in [-0.05, 0) is 67.1 Å². The second-order valence-electron chi connectivity index (χ2n) is 7.06. The third-order valence-electron chi connectivity index (χ3n) is 5.26. The molecule has 2 fully saturated rings. The van der Waals surface area contributed by atoms with Gasteiger partial charge in [-0.1, -0.05) is 13.0 Å². The first-order chi connectivity index (χ1) is 11.6. The van der Waals surface area contributed by atoms with Crippen molar-refractivity contribution in [1.29, 1.82) is 0 Å². The highest BCUT2D eigenvalue weighted by molar-refractivity contribution is 6.28. The minimum atomic E-state index is -0.283. The van der Waals surface area contributed by atoms with Gasteiger partial charge in [0.2, 0.25) is 5.75 Å². The Morgan fingerprint density at radius 2 is 2.17 bits per heavy atom. The van der Waals surface area contributed by atoms with E-state index in [2.05, 4.69) is 17.0 Å². The molecule has 4 atom stereocenters. The van der Waals surface area contributed by atoms with Gasteiger partial charge in [-0.15, -0.1) is 16.8 Å². The molecule has 2 aliphatic rings. The van der Waals surface area contributed by atoms with Crippen LogP contribution in [0.3, 0.4) is 0 Å². The van der Waals surface area contributed by atoms with E-state index in [0.29, 0.717) is 30.1 Å². The number of ether oxygens (including phenoxy) is 1. The molecule has 0 aliphatic heterocycles. The lowest BCUT2D eigenvalue weighted by atomic mass is 9.94. The van der Waals surface area contributed by atoms with E-state index in [0.717, 1.165) is 18.4 Å². The fraction of sp³-hybridized carbons (Fsp3) is 0.611. The van der Waals surface area contributed by atoms with Crippen LogP contribution in [0, 0.1) is 17.8 Å². The second-order valence-corrected chi connectivity index (χ2v) is 7.56. The number of oxime groups is 1. The summed E-state index contributed by atoms with van der Waals surface area (Å²) in [4.78, 5) is 3.94. The maximum absolute atomic E-state index is 12.7. The van der Waals surface area contributed by atoms with Crippen LogP contribution in [0.25, 0.3) is 0 Å². The summed E-state index contributed by atoms with van der Waals surface area (Å²) >= 11 is 6.30. The van der Waals surface area contributed by atoms with Gasteiger partial charge in [0.05, 0.1) is 18.2 Å². The van der Waals surface area contributed by atoms with Gasteiger partial charge in [0, 0.05) is 4.53 Å². The van der Waals surface area contributed by atoms with Crippen molar-refractivity contribution in [3.05, 3.63) is 23.8 Å². The number of alkyl halides is 1. The molecule has 0 aromatic heterocycles. The molecule has 132 valence electrons. The van der Waals surface area contributed by atoms with Crippen LogP contribution in [0.1, 0.15) is 44.1 Å². The Labute approximate surface area is 146 Å². The fourth-order valence-electron chi connectivity index (χ4n) is 3.62. The molecule has 0 amide bonds. The zero-order chi connectivity index (χ0) is 17.1. The first-order valence-corrected chi connectivity index (χ1v) is 8.93. The van der Waals surface area contributed by atoms with Crippen LogP contribution in [0.2, 0.25) is 0 Å². The lowest BCUT2D eigenvalue weighted by Crippen LogP contribution is -2.18. The lowest BCUT2D eigenvalue weighted by Gasteiger charge is -2.17. The fourth-order valence-corrected chi connectivity index (χ4v) is 4.02. The average molecular weight is 356 g/mol. The Morgan fingerprint density at radius 1 is 1.38 bits per heavy atom. The van der Waals surface area contributed by atoms with Crippen molar-refractivity contribution in [3.63, 3.8) is 0 Å². The van der Waals surface area contributed by atoms with Crippen LogP contribution in [0.4, 0.5) is 4.53 Å². The quantitative estimate of drug-likeness (QED) is 0.326. The smallest absolute Gasteiger partial charge is 0.213 e. The van der Waals surface area contributed by atoms with Gasteiger partial charge in [0.1, 0.15) is 0 Å². The van der Waals surface area contributed by atoms with E-state index in [1.807, 2.05) is 12.1 Å². The first kappa shape index (κ1) is 17.3. The Balaban J connectivity index is 1.72. The van der Waals surface area contributed by atoms with Gasteiger partial charge in [-0.3, -0.25) is 4.94 Å². The van der Waals surface area contributed by atoms with Gasteiger partial charge in [-0.25, -0.2) is 0 Å². The molecule has 2 aliphatic carbocycles. The van der Waals surface area contributed by atoms with Gasteiger partial charge >= 0.3 is 0 Å². The van der Waals surface area contributed by atoms with Crippen molar-refractivity contribution in [2.75, 3.05) is 6.61 Å². The van der Waals surface area contributed by atoms with Gasteiger partial charge in [0.15, 0.2) is 5.75 Å². The molecule has 0 spiro atoms. The highest BCUT2D eigenvalue weighted by Gasteiger charge is 2.36. The van der Waals surface area contributed by atoms with Crippen molar-refractivity contribution in [3.8, 4) is 11.5 Å². The maximum Gasteiger partial charge on any atom is 0.213 e. The highest BCUT2D eigenvalue weighted by atomic mass is 35.5. The summed E-state index contributed by atoms with van der Waals surface area (Å²) in [5, 5.41) is 11.5. The predicted octanol–water partition coefficient (Wildman–Crippen LogP) is 4.94. The molecular weight excluding hydrogens is 333 g/mol. The van der Waals surface area contributed by atoms with Gasteiger partial charge < -0.3 is 9.94 Å². The molecule has 0 radical (unpaired) electrons. The molecule has 1 aromatic rings. The van der Waals surface area contributed by atoms with Crippen molar-refractivity contribution in [1.82, 2.24) is 0 Å². The summed E-state index contributed by atoms with van der Waals surface area (Å²) in [7, 11) is 0. The van der Waals surface area contributed by atoms with Crippen molar-refractivity contribution < 1.29 is 19.4 Å². The molecule has 3 rings (SSSR count). The third kappa shape index (κ3) is 3.94. The molecule has 1 aromatic carbocycles. The van der Waals surface area contributed by atoms with Crippen LogP contribution < -0.4 is 9.68 Å². The number of nitrogens with zero attached hydrogens (tertiary/aromatic N) is 1. The number of rotatable bonds is 7. The molecule has 6 heteroatoms. The Hall–Kier alpha value is -1.49. The summed E-state index contributed by atoms with van der Waals surface area (Å²) in [6.07, 6.45) is 5.63. The molecule has 4 nitrogen and oxygen atoms in total. The monoisotopic (exact) mass is 355 g/mol. The predicted molar refractivity (Wildman–Crippen MR) is 90.9 cm³/mol. The third-order valence-corrected chi connectivity index (χ3v) is 5.69. The molecule has 1 N–H and O–H groups in total. The molecule has 0 saturated heterocycles. The number of benzene rings is 1. The molecule has 1 unspecified atom stereocenters. The number of hydrogen-bond acceptors (Lipinski definition) is 4. The molecule has 2 saturated carbocycles. The van der Waals surface area contributed by atoms with E-state index < -0.39 is 0 Å². The van der Waals surface area contributed by atoms with Crippen molar-refractivity contribution >= 4 is 17.8 Å². The van der Waals surface area contributed by atoms with E-state index in [1.165, 1.54) is 19.1 Å². The Morgan fingerprint density at radius 3 is 2.83 bits per heavy atom. The number of hydrogen-bond donors (Lipinski definition) is 1. The van der Waals surface area contributed by atoms with Crippen molar-refractivity contribution in [2.24, 2.45) is 22.9 Å². The van der Waals surface area contributed by atoms with E-state index in [-0.39, 0.29) is 17.0 Å². The lowest BCUT2D eigenvalue weighted by molar-refractivity contribution is -0.00976. The Bertz CT molecular complexity index is 594. The molecule has 0 heterocycles.